The van der Waals surface area contributed by atoms with Crippen molar-refractivity contribution >= 4 is 10.9 Å². The van der Waals surface area contributed by atoms with Gasteiger partial charge in [-0.1, -0.05) is 0 Å². The molecule has 0 spiro atoms. The Bertz CT molecular complexity index is 545. The molecule has 0 atom stereocenters. The van der Waals surface area contributed by atoms with Crippen LogP contribution in [0.15, 0.2) is 12.3 Å². The van der Waals surface area contributed by atoms with Gasteiger partial charge in [0.2, 0.25) is 0 Å². The summed E-state index contributed by atoms with van der Waals surface area (Å²) in [5.74, 6) is 1.62. The van der Waals surface area contributed by atoms with Gasteiger partial charge in [0.05, 0.1) is 19.7 Å². The van der Waals surface area contributed by atoms with Gasteiger partial charge >= 0.3 is 0 Å². The predicted octanol–water partition coefficient (Wildman–Crippen LogP) is 1.79. The fraction of sp³-hybridized carbons (Fsp3) is 0.333. The maximum atomic E-state index is 5.45. The molecular weight excluding hydrogens is 204 g/mol. The number of methoxy groups -OCH3 is 2. The zero-order valence-corrected chi connectivity index (χ0v) is 9.39. The minimum atomic E-state index is 0.780. The quantitative estimate of drug-likeness (QED) is 0.807. The summed E-state index contributed by atoms with van der Waals surface area (Å²) in [6, 6.07) is 1.99. The highest BCUT2D eigenvalue weighted by Crippen LogP contribution is 2.39. The van der Waals surface area contributed by atoms with Crippen molar-refractivity contribution in [2.24, 2.45) is 0 Å². The Morgan fingerprint density at radius 2 is 2.06 bits per heavy atom. The molecule has 1 aliphatic rings. The van der Waals surface area contributed by atoms with Gasteiger partial charge in [-0.3, -0.25) is 0 Å². The van der Waals surface area contributed by atoms with E-state index in [0.717, 1.165) is 30.1 Å². The van der Waals surface area contributed by atoms with E-state index in [1.807, 2.05) is 12.3 Å². The van der Waals surface area contributed by atoms with Crippen LogP contribution in [0.25, 0.3) is 10.9 Å². The number of aromatic amines is 1. The Balaban J connectivity index is 2.39. The molecule has 2 aromatic rings. The van der Waals surface area contributed by atoms with E-state index >= 15 is 0 Å². The maximum absolute atomic E-state index is 5.45. The van der Waals surface area contributed by atoms with Crippen molar-refractivity contribution in [1.82, 2.24) is 10.3 Å². The third kappa shape index (κ3) is 1.13. The van der Waals surface area contributed by atoms with Gasteiger partial charge in [0.25, 0.3) is 0 Å². The minimum absolute atomic E-state index is 0.780. The van der Waals surface area contributed by atoms with Crippen LogP contribution in [-0.2, 0) is 13.1 Å². The Morgan fingerprint density at radius 3 is 2.81 bits per heavy atom. The summed E-state index contributed by atoms with van der Waals surface area (Å²) in [4.78, 5) is 3.27. The molecule has 2 heterocycles. The number of H-pyrrole nitrogens is 1. The van der Waals surface area contributed by atoms with Crippen LogP contribution >= 0.6 is 0 Å². The third-order valence-electron chi connectivity index (χ3n) is 3.11. The van der Waals surface area contributed by atoms with E-state index in [4.69, 9.17) is 9.47 Å². The zero-order chi connectivity index (χ0) is 11.1. The molecule has 0 saturated carbocycles. The highest BCUT2D eigenvalue weighted by Gasteiger charge is 2.21. The van der Waals surface area contributed by atoms with Gasteiger partial charge in [0, 0.05) is 36.3 Å². The lowest BCUT2D eigenvalue weighted by Gasteiger charge is -2.19. The first-order valence-electron chi connectivity index (χ1n) is 5.29. The molecule has 0 fully saturated rings. The molecule has 2 N–H and O–H groups in total. The number of aromatic nitrogens is 1. The average Bonchev–Trinajstić information content (AvgIpc) is 2.74. The summed E-state index contributed by atoms with van der Waals surface area (Å²) in [5, 5.41) is 4.63. The maximum Gasteiger partial charge on any atom is 0.165 e. The van der Waals surface area contributed by atoms with Crippen LogP contribution in [0.3, 0.4) is 0 Å². The molecule has 4 nitrogen and oxygen atoms in total. The third-order valence-corrected chi connectivity index (χ3v) is 3.11. The topological polar surface area (TPSA) is 46.3 Å². The molecular formula is C12H14N2O2. The van der Waals surface area contributed by atoms with Gasteiger partial charge in [-0.2, -0.15) is 0 Å². The molecule has 16 heavy (non-hydrogen) atoms. The highest BCUT2D eigenvalue weighted by molar-refractivity contribution is 5.91. The number of nitrogens with one attached hydrogen (secondary N) is 2. The van der Waals surface area contributed by atoms with Crippen LogP contribution in [0.2, 0.25) is 0 Å². The Labute approximate surface area is 93.6 Å². The molecule has 1 aromatic carbocycles. The first-order valence-corrected chi connectivity index (χ1v) is 5.29. The fourth-order valence-electron chi connectivity index (χ4n) is 2.42. The fourth-order valence-corrected chi connectivity index (χ4v) is 2.42. The van der Waals surface area contributed by atoms with Gasteiger partial charge in [0.15, 0.2) is 11.5 Å². The molecule has 84 valence electrons. The monoisotopic (exact) mass is 218 g/mol. The Kier molecular flexibility index (Phi) is 2.04. The molecule has 0 unspecified atom stereocenters. The van der Waals surface area contributed by atoms with E-state index in [1.54, 1.807) is 14.2 Å². The van der Waals surface area contributed by atoms with Crippen LogP contribution in [0, 0.1) is 0 Å². The Morgan fingerprint density at radius 1 is 1.19 bits per heavy atom. The minimum Gasteiger partial charge on any atom is -0.493 e. The normalized spacial score (nSPS) is 14.1. The standard InChI is InChI=1S/C12H14N2O2/c1-15-10-3-9-11-7(5-14-9)4-13-6-8(11)12(10)16-2/h3,5,13-14H,4,6H2,1-2H3. The van der Waals surface area contributed by atoms with E-state index in [0.29, 0.717) is 0 Å². The predicted molar refractivity (Wildman–Crippen MR) is 61.9 cm³/mol. The van der Waals surface area contributed by atoms with Crippen molar-refractivity contribution in [1.29, 1.82) is 0 Å². The molecule has 0 aliphatic carbocycles. The van der Waals surface area contributed by atoms with Crippen LogP contribution in [0.1, 0.15) is 11.1 Å². The second-order valence-corrected chi connectivity index (χ2v) is 3.93. The summed E-state index contributed by atoms with van der Waals surface area (Å²) in [6.45, 7) is 1.73. The number of hydrogen-bond donors (Lipinski definition) is 2. The van der Waals surface area contributed by atoms with Crippen molar-refractivity contribution in [2.75, 3.05) is 14.2 Å². The van der Waals surface area contributed by atoms with Gasteiger partial charge in [-0.25, -0.2) is 0 Å². The highest BCUT2D eigenvalue weighted by atomic mass is 16.5. The lowest BCUT2D eigenvalue weighted by Crippen LogP contribution is -2.18. The van der Waals surface area contributed by atoms with Crippen LogP contribution in [-0.4, -0.2) is 19.2 Å². The average molecular weight is 218 g/mol. The first-order chi connectivity index (χ1) is 7.85. The number of rotatable bonds is 2. The Hall–Kier alpha value is -1.68. The van der Waals surface area contributed by atoms with Gasteiger partial charge < -0.3 is 19.8 Å². The number of hydrogen-bond acceptors (Lipinski definition) is 3. The van der Waals surface area contributed by atoms with E-state index in [9.17, 15) is 0 Å². The summed E-state index contributed by atoms with van der Waals surface area (Å²) in [7, 11) is 3.34. The van der Waals surface area contributed by atoms with Gasteiger partial charge in [-0.05, 0) is 5.56 Å². The largest absolute Gasteiger partial charge is 0.493 e. The van der Waals surface area contributed by atoms with Gasteiger partial charge in [-0.15, -0.1) is 0 Å². The van der Waals surface area contributed by atoms with Gasteiger partial charge in [0.1, 0.15) is 0 Å². The van der Waals surface area contributed by atoms with Crippen LogP contribution < -0.4 is 14.8 Å². The number of benzene rings is 1. The van der Waals surface area contributed by atoms with Crippen molar-refractivity contribution in [3.63, 3.8) is 0 Å². The molecule has 1 aliphatic heterocycles. The molecule has 3 rings (SSSR count). The second kappa shape index (κ2) is 3.42. The SMILES string of the molecule is COc1cc2[nH]cc3c2c(c1OC)CNC3. The summed E-state index contributed by atoms with van der Waals surface area (Å²) in [5.41, 5.74) is 3.58. The first kappa shape index (κ1) is 9.54. The van der Waals surface area contributed by atoms with Crippen LogP contribution in [0.4, 0.5) is 0 Å². The smallest absolute Gasteiger partial charge is 0.165 e. The van der Waals surface area contributed by atoms with Crippen molar-refractivity contribution in [3.05, 3.63) is 23.4 Å². The lowest BCUT2D eigenvalue weighted by atomic mass is 10.0. The van der Waals surface area contributed by atoms with E-state index in [-0.39, 0.29) is 0 Å². The molecule has 0 saturated heterocycles. The lowest BCUT2D eigenvalue weighted by molar-refractivity contribution is 0.351. The summed E-state index contributed by atoms with van der Waals surface area (Å²) < 4.78 is 10.8. The van der Waals surface area contributed by atoms with E-state index < -0.39 is 0 Å². The van der Waals surface area contributed by atoms with Crippen molar-refractivity contribution < 1.29 is 9.47 Å². The number of ether oxygens (including phenoxy) is 2. The molecule has 0 bridgehead atoms. The second-order valence-electron chi connectivity index (χ2n) is 3.93. The molecule has 0 radical (unpaired) electrons. The summed E-state index contributed by atoms with van der Waals surface area (Å²) >= 11 is 0. The zero-order valence-electron chi connectivity index (χ0n) is 9.39. The summed E-state index contributed by atoms with van der Waals surface area (Å²) in [6.07, 6.45) is 2.04. The molecule has 4 heteroatoms. The molecule has 0 amide bonds. The van der Waals surface area contributed by atoms with Crippen molar-refractivity contribution in [2.45, 2.75) is 13.1 Å². The van der Waals surface area contributed by atoms with E-state index in [2.05, 4.69) is 10.3 Å². The van der Waals surface area contributed by atoms with Crippen LogP contribution in [0.5, 0.6) is 11.5 Å². The molecule has 1 aromatic heterocycles. The van der Waals surface area contributed by atoms with E-state index in [1.165, 1.54) is 16.5 Å². The van der Waals surface area contributed by atoms with Crippen molar-refractivity contribution in [3.8, 4) is 11.5 Å².